The number of urea groups is 1. The number of halogens is 3. The van der Waals surface area contributed by atoms with Crippen molar-refractivity contribution in [3.63, 3.8) is 0 Å². The van der Waals surface area contributed by atoms with Crippen molar-refractivity contribution in [2.24, 2.45) is 0 Å². The average molecular weight is 216 g/mol. The smallest absolute Gasteiger partial charge is 0.334 e. The Morgan fingerprint density at radius 2 is 2.00 bits per heavy atom. The van der Waals surface area contributed by atoms with Crippen LogP contribution in [0.4, 0.5) is 23.7 Å². The Morgan fingerprint density at radius 3 is 2.67 bits per heavy atom. The second-order valence-electron chi connectivity index (χ2n) is 3.14. The van der Waals surface area contributed by atoms with Crippen molar-refractivity contribution in [3.8, 4) is 0 Å². The van der Waals surface area contributed by atoms with E-state index >= 15 is 0 Å². The molecule has 0 saturated heterocycles. The van der Waals surface area contributed by atoms with Gasteiger partial charge in [0.25, 0.3) is 0 Å². The molecule has 0 unspecified atom stereocenters. The van der Waals surface area contributed by atoms with Gasteiger partial charge in [-0.3, -0.25) is 0 Å². The van der Waals surface area contributed by atoms with E-state index < -0.39 is 17.8 Å². The molecule has 6 heteroatoms. The van der Waals surface area contributed by atoms with E-state index in [9.17, 15) is 18.0 Å². The van der Waals surface area contributed by atoms with Crippen LogP contribution in [0.2, 0.25) is 0 Å². The molecular formula is C9H7F3N2O. The third-order valence-electron chi connectivity index (χ3n) is 2.16. The second-order valence-corrected chi connectivity index (χ2v) is 3.14. The molecule has 1 aromatic carbocycles. The first-order valence-electron chi connectivity index (χ1n) is 4.22. The van der Waals surface area contributed by atoms with E-state index in [-0.39, 0.29) is 17.8 Å². The summed E-state index contributed by atoms with van der Waals surface area (Å²) >= 11 is 0. The maximum absolute atomic E-state index is 12.5. The lowest BCUT2D eigenvalue weighted by Crippen LogP contribution is -2.34. The molecule has 3 nitrogen and oxygen atoms in total. The normalized spacial score (nSPS) is 15.3. The fourth-order valence-electron chi connectivity index (χ4n) is 1.50. The topological polar surface area (TPSA) is 41.1 Å². The van der Waals surface area contributed by atoms with Gasteiger partial charge in [-0.2, -0.15) is 13.2 Å². The van der Waals surface area contributed by atoms with Crippen molar-refractivity contribution < 1.29 is 18.0 Å². The van der Waals surface area contributed by atoms with Crippen molar-refractivity contribution in [1.29, 1.82) is 0 Å². The van der Waals surface area contributed by atoms with Crippen molar-refractivity contribution in [2.45, 2.75) is 12.7 Å². The summed E-state index contributed by atoms with van der Waals surface area (Å²) in [6.07, 6.45) is -4.39. The predicted octanol–water partition coefficient (Wildman–Crippen LogP) is 2.34. The summed E-state index contributed by atoms with van der Waals surface area (Å²) in [6, 6.07) is 3.23. The number of hydrogen-bond acceptors (Lipinski definition) is 1. The molecule has 0 spiro atoms. The highest BCUT2D eigenvalue weighted by atomic mass is 19.4. The van der Waals surface area contributed by atoms with Crippen LogP contribution in [0.5, 0.6) is 0 Å². The highest BCUT2D eigenvalue weighted by molar-refractivity contribution is 5.92. The van der Waals surface area contributed by atoms with Gasteiger partial charge < -0.3 is 10.6 Å². The maximum Gasteiger partial charge on any atom is 0.416 e. The molecule has 2 rings (SSSR count). The summed E-state index contributed by atoms with van der Waals surface area (Å²) in [5, 5.41) is 4.62. The van der Waals surface area contributed by atoms with E-state index in [1.807, 2.05) is 0 Å². The van der Waals surface area contributed by atoms with Crippen LogP contribution in [-0.4, -0.2) is 6.03 Å². The van der Waals surface area contributed by atoms with Crippen molar-refractivity contribution in [2.75, 3.05) is 5.32 Å². The van der Waals surface area contributed by atoms with Gasteiger partial charge in [-0.15, -0.1) is 0 Å². The predicted molar refractivity (Wildman–Crippen MR) is 47.3 cm³/mol. The number of hydrogen-bond donors (Lipinski definition) is 2. The standard InChI is InChI=1S/C9H7F3N2O/c10-9(11,12)6-2-1-3-7-5(6)4-13-8(15)14-7/h1-3H,4H2,(H2,13,14,15). The zero-order valence-electron chi connectivity index (χ0n) is 7.48. The minimum Gasteiger partial charge on any atom is -0.334 e. The quantitative estimate of drug-likeness (QED) is 0.686. The number of nitrogens with one attached hydrogen (secondary N) is 2. The summed E-state index contributed by atoms with van der Waals surface area (Å²) in [5.41, 5.74) is -0.425. The molecule has 2 amide bonds. The highest BCUT2D eigenvalue weighted by Gasteiger charge is 2.35. The zero-order chi connectivity index (χ0) is 11.1. The summed E-state index contributed by atoms with van der Waals surface area (Å²) in [4.78, 5) is 10.9. The van der Waals surface area contributed by atoms with Gasteiger partial charge in [0.15, 0.2) is 0 Å². The molecular weight excluding hydrogens is 209 g/mol. The largest absolute Gasteiger partial charge is 0.416 e. The molecule has 0 radical (unpaired) electrons. The molecule has 0 atom stereocenters. The van der Waals surface area contributed by atoms with Gasteiger partial charge >= 0.3 is 12.2 Å². The van der Waals surface area contributed by atoms with Crippen LogP contribution in [0.1, 0.15) is 11.1 Å². The lowest BCUT2D eigenvalue weighted by molar-refractivity contribution is -0.138. The highest BCUT2D eigenvalue weighted by Crippen LogP contribution is 2.35. The molecule has 0 saturated carbocycles. The number of carbonyl (C=O) groups is 1. The van der Waals surface area contributed by atoms with E-state index in [1.165, 1.54) is 12.1 Å². The van der Waals surface area contributed by atoms with Crippen LogP contribution in [0, 0.1) is 0 Å². The third kappa shape index (κ3) is 1.74. The maximum atomic E-state index is 12.5. The van der Waals surface area contributed by atoms with Crippen LogP contribution < -0.4 is 10.6 Å². The van der Waals surface area contributed by atoms with E-state index in [0.717, 1.165) is 6.07 Å². The first-order valence-corrected chi connectivity index (χ1v) is 4.22. The lowest BCUT2D eigenvalue weighted by atomic mass is 10.0. The zero-order valence-corrected chi connectivity index (χ0v) is 7.48. The Balaban J connectivity index is 2.51. The van der Waals surface area contributed by atoms with Gasteiger partial charge in [0, 0.05) is 17.8 Å². The Kier molecular flexibility index (Phi) is 2.06. The van der Waals surface area contributed by atoms with Crippen LogP contribution >= 0.6 is 0 Å². The summed E-state index contributed by atoms with van der Waals surface area (Å²) in [5.74, 6) is 0. The van der Waals surface area contributed by atoms with E-state index in [2.05, 4.69) is 10.6 Å². The average Bonchev–Trinajstić information content (AvgIpc) is 2.15. The Morgan fingerprint density at radius 1 is 1.27 bits per heavy atom. The molecule has 1 aliphatic rings. The number of amides is 2. The van der Waals surface area contributed by atoms with Crippen LogP contribution in [0.15, 0.2) is 18.2 Å². The SMILES string of the molecule is O=C1NCc2c(cccc2C(F)(F)F)N1. The second kappa shape index (κ2) is 3.15. The van der Waals surface area contributed by atoms with Crippen LogP contribution in [0.25, 0.3) is 0 Å². The first kappa shape index (κ1) is 9.82. The molecule has 2 N–H and O–H groups in total. The fraction of sp³-hybridized carbons (Fsp3) is 0.222. The minimum atomic E-state index is -4.39. The van der Waals surface area contributed by atoms with Gasteiger partial charge in [0.2, 0.25) is 0 Å². The monoisotopic (exact) mass is 216 g/mol. The van der Waals surface area contributed by atoms with Crippen molar-refractivity contribution >= 4 is 11.7 Å². The number of fused-ring (bicyclic) bond motifs is 1. The molecule has 0 aliphatic carbocycles. The minimum absolute atomic E-state index is 0.0737. The van der Waals surface area contributed by atoms with Gasteiger partial charge in [-0.1, -0.05) is 6.07 Å². The van der Waals surface area contributed by atoms with Gasteiger partial charge in [0.05, 0.1) is 5.56 Å². The number of anilines is 1. The molecule has 80 valence electrons. The van der Waals surface area contributed by atoms with E-state index in [4.69, 9.17) is 0 Å². The Labute approximate surface area is 83.3 Å². The molecule has 0 bridgehead atoms. The van der Waals surface area contributed by atoms with Gasteiger partial charge in [-0.05, 0) is 12.1 Å². The van der Waals surface area contributed by atoms with Crippen molar-refractivity contribution in [3.05, 3.63) is 29.3 Å². The molecule has 1 aliphatic heterocycles. The number of carbonyl (C=O) groups excluding carboxylic acids is 1. The summed E-state index contributed by atoms with van der Waals surface area (Å²) < 4.78 is 37.6. The number of alkyl halides is 3. The molecule has 1 aromatic rings. The lowest BCUT2D eigenvalue weighted by Gasteiger charge is -2.22. The molecule has 1 heterocycles. The van der Waals surface area contributed by atoms with Crippen LogP contribution in [0.3, 0.4) is 0 Å². The van der Waals surface area contributed by atoms with Crippen LogP contribution in [-0.2, 0) is 12.7 Å². The van der Waals surface area contributed by atoms with Gasteiger partial charge in [0.1, 0.15) is 0 Å². The molecule has 0 fully saturated rings. The molecule has 0 aromatic heterocycles. The van der Waals surface area contributed by atoms with Crippen molar-refractivity contribution in [1.82, 2.24) is 5.32 Å². The first-order chi connectivity index (χ1) is 6.98. The molecule has 15 heavy (non-hydrogen) atoms. The van der Waals surface area contributed by atoms with E-state index in [0.29, 0.717) is 0 Å². The summed E-state index contributed by atoms with van der Waals surface area (Å²) in [7, 11) is 0. The number of benzene rings is 1. The van der Waals surface area contributed by atoms with Gasteiger partial charge in [-0.25, -0.2) is 4.79 Å². The third-order valence-corrected chi connectivity index (χ3v) is 2.16. The Bertz CT molecular complexity index is 414. The number of rotatable bonds is 0. The fourth-order valence-corrected chi connectivity index (χ4v) is 1.50. The van der Waals surface area contributed by atoms with E-state index in [1.54, 1.807) is 0 Å². The summed E-state index contributed by atoms with van der Waals surface area (Å²) in [6.45, 7) is -0.100. The Hall–Kier alpha value is -1.72.